The Morgan fingerprint density at radius 1 is 0.833 bits per heavy atom. The molecule has 24 heavy (non-hydrogen) atoms. The number of para-hydroxylation sites is 1. The Bertz CT molecular complexity index is 584. The molecule has 0 bridgehead atoms. The average molecular weight is 327 g/mol. The number of anilines is 1. The highest BCUT2D eigenvalue weighted by Crippen LogP contribution is 2.24. The van der Waals surface area contributed by atoms with Gasteiger partial charge in [0.2, 0.25) is 0 Å². The fourth-order valence-corrected chi connectivity index (χ4v) is 2.60. The van der Waals surface area contributed by atoms with Crippen LogP contribution in [0.15, 0.2) is 48.5 Å². The van der Waals surface area contributed by atoms with Crippen molar-refractivity contribution < 1.29 is 9.47 Å². The number of unbranched alkanes of at least 4 members (excludes halogenated alkanes) is 5. The first-order valence-electron chi connectivity index (χ1n) is 8.98. The molecule has 2 rings (SSSR count). The summed E-state index contributed by atoms with van der Waals surface area (Å²) in [6, 6.07) is 15.5. The van der Waals surface area contributed by atoms with Gasteiger partial charge in [-0.3, -0.25) is 0 Å². The number of benzene rings is 2. The van der Waals surface area contributed by atoms with Crippen LogP contribution in [0.5, 0.6) is 11.5 Å². The largest absolute Gasteiger partial charge is 0.493 e. The molecule has 0 aliphatic carbocycles. The molecule has 0 aliphatic rings. The highest BCUT2D eigenvalue weighted by atomic mass is 16.5. The van der Waals surface area contributed by atoms with Crippen molar-refractivity contribution in [2.45, 2.75) is 52.1 Å². The van der Waals surface area contributed by atoms with E-state index in [4.69, 9.17) is 15.2 Å². The van der Waals surface area contributed by atoms with E-state index in [0.29, 0.717) is 6.61 Å². The van der Waals surface area contributed by atoms with Crippen LogP contribution in [0.1, 0.15) is 51.0 Å². The summed E-state index contributed by atoms with van der Waals surface area (Å²) < 4.78 is 11.8. The van der Waals surface area contributed by atoms with Crippen LogP contribution < -0.4 is 15.2 Å². The molecule has 0 atom stereocenters. The van der Waals surface area contributed by atoms with Crippen LogP contribution >= 0.6 is 0 Å². The first-order valence-corrected chi connectivity index (χ1v) is 8.98. The number of rotatable bonds is 11. The Hall–Kier alpha value is -2.16. The van der Waals surface area contributed by atoms with Crippen LogP contribution in [0.3, 0.4) is 0 Å². The molecule has 0 spiro atoms. The van der Waals surface area contributed by atoms with Crippen molar-refractivity contribution in [3.05, 3.63) is 54.1 Å². The normalized spacial score (nSPS) is 10.5. The van der Waals surface area contributed by atoms with Crippen molar-refractivity contribution in [1.82, 2.24) is 0 Å². The Kier molecular flexibility index (Phi) is 8.02. The van der Waals surface area contributed by atoms with Crippen molar-refractivity contribution >= 4 is 5.69 Å². The number of hydrogen-bond acceptors (Lipinski definition) is 3. The molecule has 0 unspecified atom stereocenters. The van der Waals surface area contributed by atoms with Gasteiger partial charge in [-0.2, -0.15) is 0 Å². The minimum atomic E-state index is 0.459. The lowest BCUT2D eigenvalue weighted by atomic mass is 10.1. The Morgan fingerprint density at radius 3 is 2.38 bits per heavy atom. The van der Waals surface area contributed by atoms with Crippen LogP contribution in [0, 0.1) is 0 Å². The third-order valence-corrected chi connectivity index (χ3v) is 3.98. The number of ether oxygens (including phenoxy) is 2. The quantitative estimate of drug-likeness (QED) is 0.432. The Balaban J connectivity index is 1.81. The van der Waals surface area contributed by atoms with Gasteiger partial charge in [-0.25, -0.2) is 0 Å². The monoisotopic (exact) mass is 327 g/mol. The summed E-state index contributed by atoms with van der Waals surface area (Å²) in [4.78, 5) is 0. The van der Waals surface area contributed by atoms with E-state index in [-0.39, 0.29) is 0 Å². The van der Waals surface area contributed by atoms with E-state index in [1.165, 1.54) is 32.1 Å². The zero-order chi connectivity index (χ0) is 17.0. The van der Waals surface area contributed by atoms with Crippen LogP contribution in [0.2, 0.25) is 0 Å². The number of nitrogen functional groups attached to an aromatic ring is 1. The molecule has 0 radical (unpaired) electrons. The SMILES string of the molecule is CCCCCCCCOc1ccc(N)cc1COc1ccccc1. The first-order chi connectivity index (χ1) is 11.8. The summed E-state index contributed by atoms with van der Waals surface area (Å²) in [6.45, 7) is 3.44. The zero-order valence-electron chi connectivity index (χ0n) is 14.7. The van der Waals surface area contributed by atoms with E-state index in [1.807, 2.05) is 48.5 Å². The van der Waals surface area contributed by atoms with E-state index in [0.717, 1.165) is 35.8 Å². The molecule has 0 aromatic heterocycles. The molecule has 2 aromatic rings. The number of hydrogen-bond donors (Lipinski definition) is 1. The number of nitrogens with two attached hydrogens (primary N) is 1. The van der Waals surface area contributed by atoms with E-state index in [9.17, 15) is 0 Å². The van der Waals surface area contributed by atoms with Gasteiger partial charge in [0.1, 0.15) is 18.1 Å². The standard InChI is InChI=1S/C21H29NO2/c1-2-3-4-5-6-10-15-23-21-14-13-19(22)16-18(21)17-24-20-11-8-7-9-12-20/h7-9,11-14,16H,2-6,10,15,17,22H2,1H3. The molecule has 2 aromatic carbocycles. The van der Waals surface area contributed by atoms with Gasteiger partial charge in [-0.05, 0) is 36.8 Å². The Morgan fingerprint density at radius 2 is 1.58 bits per heavy atom. The van der Waals surface area contributed by atoms with Gasteiger partial charge in [-0.1, -0.05) is 57.2 Å². The maximum absolute atomic E-state index is 5.95. The summed E-state index contributed by atoms with van der Waals surface area (Å²) in [7, 11) is 0. The van der Waals surface area contributed by atoms with Gasteiger partial charge in [0.05, 0.1) is 6.61 Å². The van der Waals surface area contributed by atoms with Gasteiger partial charge in [0, 0.05) is 11.3 Å². The second-order valence-electron chi connectivity index (χ2n) is 6.09. The molecule has 2 N–H and O–H groups in total. The maximum Gasteiger partial charge on any atom is 0.126 e. The van der Waals surface area contributed by atoms with Crippen LogP contribution in [0.25, 0.3) is 0 Å². The topological polar surface area (TPSA) is 44.5 Å². The van der Waals surface area contributed by atoms with E-state index in [1.54, 1.807) is 0 Å². The van der Waals surface area contributed by atoms with Gasteiger partial charge in [-0.15, -0.1) is 0 Å². The Labute approximate surface area is 145 Å². The second-order valence-corrected chi connectivity index (χ2v) is 6.09. The molecule has 0 amide bonds. The lowest BCUT2D eigenvalue weighted by Crippen LogP contribution is -2.04. The molecule has 0 saturated carbocycles. The van der Waals surface area contributed by atoms with Crippen molar-refractivity contribution in [1.29, 1.82) is 0 Å². The van der Waals surface area contributed by atoms with Crippen molar-refractivity contribution in [2.75, 3.05) is 12.3 Å². The molecular weight excluding hydrogens is 298 g/mol. The van der Waals surface area contributed by atoms with Gasteiger partial charge in [0.25, 0.3) is 0 Å². The van der Waals surface area contributed by atoms with Crippen molar-refractivity contribution in [2.24, 2.45) is 0 Å². The smallest absolute Gasteiger partial charge is 0.126 e. The predicted octanol–water partition coefficient (Wildman–Crippen LogP) is 5.59. The first kappa shape index (κ1) is 18.2. The fourth-order valence-electron chi connectivity index (χ4n) is 2.60. The molecule has 3 heteroatoms. The molecule has 3 nitrogen and oxygen atoms in total. The summed E-state index contributed by atoms with van der Waals surface area (Å²) in [5, 5.41) is 0. The third-order valence-electron chi connectivity index (χ3n) is 3.98. The molecule has 0 fully saturated rings. The zero-order valence-corrected chi connectivity index (χ0v) is 14.7. The van der Waals surface area contributed by atoms with Crippen LogP contribution in [-0.2, 0) is 6.61 Å². The van der Waals surface area contributed by atoms with Gasteiger partial charge < -0.3 is 15.2 Å². The molecule has 0 aliphatic heterocycles. The van der Waals surface area contributed by atoms with Crippen LogP contribution in [-0.4, -0.2) is 6.61 Å². The lowest BCUT2D eigenvalue weighted by Gasteiger charge is -2.13. The van der Waals surface area contributed by atoms with Crippen LogP contribution in [0.4, 0.5) is 5.69 Å². The van der Waals surface area contributed by atoms with E-state index in [2.05, 4.69) is 6.92 Å². The molecule has 0 heterocycles. The van der Waals surface area contributed by atoms with Crippen molar-refractivity contribution in [3.8, 4) is 11.5 Å². The summed E-state index contributed by atoms with van der Waals surface area (Å²) >= 11 is 0. The molecule has 0 saturated heterocycles. The summed E-state index contributed by atoms with van der Waals surface area (Å²) in [5.41, 5.74) is 7.63. The van der Waals surface area contributed by atoms with E-state index < -0.39 is 0 Å². The molecule has 130 valence electrons. The highest BCUT2D eigenvalue weighted by Gasteiger charge is 2.06. The highest BCUT2D eigenvalue weighted by molar-refractivity contribution is 5.47. The maximum atomic E-state index is 5.95. The van der Waals surface area contributed by atoms with E-state index >= 15 is 0 Å². The lowest BCUT2D eigenvalue weighted by molar-refractivity contribution is 0.274. The minimum Gasteiger partial charge on any atom is -0.493 e. The fraction of sp³-hybridized carbons (Fsp3) is 0.429. The van der Waals surface area contributed by atoms with Gasteiger partial charge in [0.15, 0.2) is 0 Å². The minimum absolute atomic E-state index is 0.459. The van der Waals surface area contributed by atoms with Gasteiger partial charge >= 0.3 is 0 Å². The summed E-state index contributed by atoms with van der Waals surface area (Å²) in [5.74, 6) is 1.72. The predicted molar refractivity (Wildman–Crippen MR) is 100 cm³/mol. The third kappa shape index (κ3) is 6.53. The molecular formula is C21H29NO2. The average Bonchev–Trinajstić information content (AvgIpc) is 2.61. The van der Waals surface area contributed by atoms with Crippen molar-refractivity contribution in [3.63, 3.8) is 0 Å². The summed E-state index contributed by atoms with van der Waals surface area (Å²) in [6.07, 6.45) is 7.56. The second kappa shape index (κ2) is 10.6.